The molecule has 0 aromatic heterocycles. The van der Waals surface area contributed by atoms with Crippen LogP contribution in [-0.2, 0) is 14.4 Å². The molecule has 0 saturated heterocycles. The standard InChI is InChI=1S/C16H21NO5S/c1-9(12-4-6-13(19)7-5-12)14(8-23-11(3)18)15(20)17-10(2)16(21)22/h4-7,9-10,14,19H,8H2,1-3H3,(H,17,20)(H,21,22). The second-order valence-electron chi connectivity index (χ2n) is 5.36. The van der Waals surface area contributed by atoms with Crippen LogP contribution in [0, 0.1) is 5.92 Å². The fourth-order valence-corrected chi connectivity index (χ4v) is 2.90. The highest BCUT2D eigenvalue weighted by atomic mass is 32.2. The molecule has 1 aromatic rings. The number of thioether (sulfide) groups is 1. The minimum atomic E-state index is -1.12. The zero-order valence-corrected chi connectivity index (χ0v) is 14.1. The Morgan fingerprint density at radius 3 is 2.22 bits per heavy atom. The lowest BCUT2D eigenvalue weighted by Gasteiger charge is -2.24. The van der Waals surface area contributed by atoms with Crippen LogP contribution in [0.15, 0.2) is 24.3 Å². The molecule has 0 spiro atoms. The molecule has 3 atom stereocenters. The monoisotopic (exact) mass is 339 g/mol. The number of hydrogen-bond donors (Lipinski definition) is 3. The molecule has 23 heavy (non-hydrogen) atoms. The third kappa shape index (κ3) is 5.94. The molecule has 3 unspecified atom stereocenters. The fourth-order valence-electron chi connectivity index (χ4n) is 2.05. The van der Waals surface area contributed by atoms with Gasteiger partial charge in [-0.1, -0.05) is 30.8 Å². The smallest absolute Gasteiger partial charge is 0.325 e. The van der Waals surface area contributed by atoms with E-state index in [1.54, 1.807) is 12.1 Å². The molecule has 0 bridgehead atoms. The van der Waals surface area contributed by atoms with Gasteiger partial charge in [-0.25, -0.2) is 0 Å². The maximum atomic E-state index is 12.4. The Labute approximate surface area is 139 Å². The predicted octanol–water partition coefficient (Wildman–Crippen LogP) is 1.98. The number of hydrogen-bond acceptors (Lipinski definition) is 5. The molecular formula is C16H21NO5S. The van der Waals surface area contributed by atoms with Gasteiger partial charge in [0.1, 0.15) is 11.8 Å². The molecular weight excluding hydrogens is 318 g/mol. The SMILES string of the molecule is CC(=O)SCC(C(=O)NC(C)C(=O)O)C(C)c1ccc(O)cc1. The number of carboxylic acids is 1. The van der Waals surface area contributed by atoms with Gasteiger partial charge in [-0.3, -0.25) is 14.4 Å². The minimum Gasteiger partial charge on any atom is -0.508 e. The van der Waals surface area contributed by atoms with Gasteiger partial charge in [-0.15, -0.1) is 0 Å². The van der Waals surface area contributed by atoms with Gasteiger partial charge in [0.2, 0.25) is 5.91 Å². The number of amides is 1. The van der Waals surface area contributed by atoms with Gasteiger partial charge in [0.05, 0.1) is 5.92 Å². The molecule has 0 radical (unpaired) electrons. The first-order chi connectivity index (χ1) is 10.7. The summed E-state index contributed by atoms with van der Waals surface area (Å²) in [6.45, 7) is 4.65. The Morgan fingerprint density at radius 2 is 1.74 bits per heavy atom. The Hall–Kier alpha value is -2.02. The first-order valence-corrected chi connectivity index (χ1v) is 8.16. The molecule has 1 aromatic carbocycles. The van der Waals surface area contributed by atoms with Gasteiger partial charge < -0.3 is 15.5 Å². The second-order valence-corrected chi connectivity index (χ2v) is 6.55. The number of aromatic hydroxyl groups is 1. The van der Waals surface area contributed by atoms with E-state index in [1.807, 2.05) is 6.92 Å². The van der Waals surface area contributed by atoms with Crippen LogP contribution in [0.25, 0.3) is 0 Å². The van der Waals surface area contributed by atoms with Crippen LogP contribution in [0.1, 0.15) is 32.3 Å². The number of aliphatic carboxylic acids is 1. The van der Waals surface area contributed by atoms with Crippen LogP contribution in [0.2, 0.25) is 0 Å². The zero-order valence-electron chi connectivity index (χ0n) is 13.3. The molecule has 126 valence electrons. The van der Waals surface area contributed by atoms with E-state index in [9.17, 15) is 19.5 Å². The second kappa shape index (κ2) is 8.57. The molecule has 0 saturated carbocycles. The summed E-state index contributed by atoms with van der Waals surface area (Å²) >= 11 is 1.03. The molecule has 0 heterocycles. The average molecular weight is 339 g/mol. The van der Waals surface area contributed by atoms with E-state index in [-0.39, 0.29) is 22.5 Å². The largest absolute Gasteiger partial charge is 0.508 e. The van der Waals surface area contributed by atoms with E-state index >= 15 is 0 Å². The maximum absolute atomic E-state index is 12.4. The molecule has 7 heteroatoms. The highest BCUT2D eigenvalue weighted by Gasteiger charge is 2.29. The number of phenols is 1. The van der Waals surface area contributed by atoms with Crippen molar-refractivity contribution in [1.82, 2.24) is 5.32 Å². The zero-order chi connectivity index (χ0) is 17.6. The van der Waals surface area contributed by atoms with Crippen molar-refractivity contribution in [3.05, 3.63) is 29.8 Å². The third-order valence-corrected chi connectivity index (χ3v) is 4.49. The molecule has 6 nitrogen and oxygen atoms in total. The topological polar surface area (TPSA) is 104 Å². The van der Waals surface area contributed by atoms with Gasteiger partial charge >= 0.3 is 5.97 Å². The highest BCUT2D eigenvalue weighted by Crippen LogP contribution is 2.29. The van der Waals surface area contributed by atoms with E-state index in [2.05, 4.69) is 5.32 Å². The predicted molar refractivity (Wildman–Crippen MR) is 88.4 cm³/mol. The van der Waals surface area contributed by atoms with E-state index in [0.29, 0.717) is 0 Å². The summed E-state index contributed by atoms with van der Waals surface area (Å²) in [5, 5.41) is 20.6. The molecule has 3 N–H and O–H groups in total. The van der Waals surface area contributed by atoms with Crippen molar-refractivity contribution in [2.24, 2.45) is 5.92 Å². The van der Waals surface area contributed by atoms with E-state index in [4.69, 9.17) is 5.11 Å². The number of carboxylic acid groups (broad SMARTS) is 1. The van der Waals surface area contributed by atoms with Gasteiger partial charge in [-0.2, -0.15) is 0 Å². The fraction of sp³-hybridized carbons (Fsp3) is 0.438. The summed E-state index contributed by atoms with van der Waals surface area (Å²) in [4.78, 5) is 34.5. The Kier molecular flexibility index (Phi) is 7.09. The van der Waals surface area contributed by atoms with Gasteiger partial charge in [0, 0.05) is 12.7 Å². The number of phenolic OH excluding ortho intramolecular Hbond substituents is 1. The first-order valence-electron chi connectivity index (χ1n) is 7.17. The van der Waals surface area contributed by atoms with Crippen LogP contribution in [0.3, 0.4) is 0 Å². The summed E-state index contributed by atoms with van der Waals surface area (Å²) in [5.41, 5.74) is 0.829. The first kappa shape index (κ1) is 19.0. The lowest BCUT2D eigenvalue weighted by atomic mass is 9.88. The summed E-state index contributed by atoms with van der Waals surface area (Å²) in [6, 6.07) is 5.47. The Bertz CT molecular complexity index is 572. The Morgan fingerprint density at radius 1 is 1.17 bits per heavy atom. The number of carbonyl (C=O) groups excluding carboxylic acids is 2. The van der Waals surface area contributed by atoms with Crippen LogP contribution < -0.4 is 5.32 Å². The van der Waals surface area contributed by atoms with Crippen LogP contribution in [0.5, 0.6) is 5.75 Å². The van der Waals surface area contributed by atoms with Crippen molar-refractivity contribution in [3.63, 3.8) is 0 Å². The van der Waals surface area contributed by atoms with Gasteiger partial charge in [0.25, 0.3) is 0 Å². The van der Waals surface area contributed by atoms with E-state index in [1.165, 1.54) is 26.0 Å². The highest BCUT2D eigenvalue weighted by molar-refractivity contribution is 8.13. The van der Waals surface area contributed by atoms with Crippen molar-refractivity contribution in [1.29, 1.82) is 0 Å². The number of rotatable bonds is 7. The summed E-state index contributed by atoms with van der Waals surface area (Å²) in [6.07, 6.45) is 0. The van der Waals surface area contributed by atoms with E-state index in [0.717, 1.165) is 17.3 Å². The molecule has 0 fully saturated rings. The van der Waals surface area contributed by atoms with Crippen LogP contribution >= 0.6 is 11.8 Å². The van der Waals surface area contributed by atoms with Crippen molar-refractivity contribution in [2.45, 2.75) is 32.7 Å². The molecule has 1 rings (SSSR count). The number of benzene rings is 1. The van der Waals surface area contributed by atoms with Crippen LogP contribution in [0.4, 0.5) is 0 Å². The maximum Gasteiger partial charge on any atom is 0.325 e. The number of carbonyl (C=O) groups is 3. The lowest BCUT2D eigenvalue weighted by Crippen LogP contribution is -2.43. The molecule has 0 aliphatic heterocycles. The molecule has 0 aliphatic carbocycles. The van der Waals surface area contributed by atoms with Gasteiger partial charge in [-0.05, 0) is 30.5 Å². The van der Waals surface area contributed by atoms with E-state index < -0.39 is 23.8 Å². The molecule has 0 aliphatic rings. The van der Waals surface area contributed by atoms with Crippen molar-refractivity contribution in [2.75, 3.05) is 5.75 Å². The summed E-state index contributed by atoms with van der Waals surface area (Å²) in [7, 11) is 0. The number of nitrogens with one attached hydrogen (secondary N) is 1. The van der Waals surface area contributed by atoms with Crippen LogP contribution in [-0.4, -0.2) is 39.0 Å². The third-order valence-electron chi connectivity index (χ3n) is 3.55. The van der Waals surface area contributed by atoms with Crippen molar-refractivity contribution >= 4 is 28.8 Å². The molecule has 1 amide bonds. The van der Waals surface area contributed by atoms with Gasteiger partial charge in [0.15, 0.2) is 5.12 Å². The summed E-state index contributed by atoms with van der Waals surface area (Å²) in [5.74, 6) is -1.93. The minimum absolute atomic E-state index is 0.105. The lowest BCUT2D eigenvalue weighted by molar-refractivity contribution is -0.141. The Balaban J connectivity index is 2.93. The summed E-state index contributed by atoms with van der Waals surface area (Å²) < 4.78 is 0. The normalized spacial score (nSPS) is 14.6. The van der Waals surface area contributed by atoms with Crippen molar-refractivity contribution in [3.8, 4) is 5.75 Å². The van der Waals surface area contributed by atoms with Crippen molar-refractivity contribution < 1.29 is 24.6 Å². The average Bonchev–Trinajstić information content (AvgIpc) is 2.47. The quantitative estimate of drug-likeness (QED) is 0.702.